The van der Waals surface area contributed by atoms with Gasteiger partial charge in [-0.05, 0) is 0 Å². The Hall–Kier alpha value is -3.58. The smallest absolute Gasteiger partial charge is 1.00 e. The van der Waals surface area contributed by atoms with Gasteiger partial charge >= 0.3 is 351 Å². The molecule has 4 heteroatoms. The van der Waals surface area contributed by atoms with Crippen LogP contribution in [0.25, 0.3) is 33.4 Å². The molecule has 6 aromatic carbocycles. The van der Waals surface area contributed by atoms with Crippen molar-refractivity contribution in [3.63, 3.8) is 0 Å². The van der Waals surface area contributed by atoms with Crippen LogP contribution in [0.2, 0.25) is 5.02 Å². The van der Waals surface area contributed by atoms with Gasteiger partial charge in [-0.15, -0.1) is 0 Å². The van der Waals surface area contributed by atoms with Crippen LogP contribution in [-0.4, -0.2) is 3.21 Å². The van der Waals surface area contributed by atoms with Crippen molar-refractivity contribution in [2.45, 2.75) is 82.7 Å². The third kappa shape index (κ3) is 8.54. The van der Waals surface area contributed by atoms with Gasteiger partial charge in [0.1, 0.15) is 0 Å². The van der Waals surface area contributed by atoms with E-state index in [9.17, 15) is 0 Å². The molecule has 2 aliphatic carbocycles. The summed E-state index contributed by atoms with van der Waals surface area (Å²) < 4.78 is 3.60. The number of hydrogen-bond donors (Lipinski definition) is 0. The molecule has 8 rings (SSSR count). The minimum Gasteiger partial charge on any atom is -1.00 e. The van der Waals surface area contributed by atoms with Crippen LogP contribution in [-0.2, 0) is 38.5 Å². The van der Waals surface area contributed by atoms with Gasteiger partial charge in [0.2, 0.25) is 0 Å². The van der Waals surface area contributed by atoms with Crippen LogP contribution in [0.5, 0.6) is 0 Å². The van der Waals surface area contributed by atoms with Crippen LogP contribution in [0.3, 0.4) is 0 Å². The quantitative estimate of drug-likeness (QED) is 0.150. The van der Waals surface area contributed by atoms with E-state index in [4.69, 9.17) is 11.6 Å². The Bertz CT molecular complexity index is 2450. The van der Waals surface area contributed by atoms with Crippen molar-refractivity contribution >= 4 is 14.8 Å². The first-order chi connectivity index (χ1) is 26.8. The summed E-state index contributed by atoms with van der Waals surface area (Å²) in [4.78, 5) is 0. The van der Waals surface area contributed by atoms with E-state index in [1.54, 1.807) is 6.49 Å². The Morgan fingerprint density at radius 2 is 1.07 bits per heavy atom. The summed E-state index contributed by atoms with van der Waals surface area (Å²) >= 11 is 3.56. The standard InChI is InChI=1S/C35H37.C14H11Cl.C5H5.2ClH.Zr/c1-22-13-9-11-15-26(22)30-18-24-17-25-19-31(27-16-12-10-14-23(27)2)33(35(6,7)8)21-29(25)28(24)20-32(30)34(3,4)5;15-14-10-8-13(9-11-14)7-6-12-4-2-1-3-5-12;1-2-4-5-3-1;;;/h9-21H,1-8H3;1-5,8-11H,7H2;1-3H,4H2;2*1H;/q;;;;;+2/p-2. The minimum absolute atomic E-state index is 0. The van der Waals surface area contributed by atoms with Crippen molar-refractivity contribution in [3.8, 4) is 33.4 Å². The topological polar surface area (TPSA) is 0 Å². The second-order valence-corrected chi connectivity index (χ2v) is 24.9. The van der Waals surface area contributed by atoms with Crippen LogP contribution >= 0.6 is 11.6 Å². The van der Waals surface area contributed by atoms with Gasteiger partial charge in [-0.1, -0.05) is 0 Å². The largest absolute Gasteiger partial charge is 1.00 e. The van der Waals surface area contributed by atoms with Crippen molar-refractivity contribution in [1.82, 2.24) is 0 Å². The number of allylic oxidation sites excluding steroid dienone is 4. The third-order valence-corrected chi connectivity index (χ3v) is 20.5. The number of hydrogen-bond acceptors (Lipinski definition) is 0. The molecule has 294 valence electrons. The van der Waals surface area contributed by atoms with E-state index in [-0.39, 0.29) is 35.6 Å². The number of rotatable bonds is 7. The molecular formula is C54H53Cl3Zr. The first kappa shape index (κ1) is 44.0. The fourth-order valence-corrected chi connectivity index (χ4v) is 18.3. The molecule has 2 aliphatic rings. The number of fused-ring (bicyclic) bond motifs is 3. The summed E-state index contributed by atoms with van der Waals surface area (Å²) in [6.07, 6.45) is 9.15. The normalized spacial score (nSPS) is 13.6. The molecule has 0 saturated carbocycles. The predicted octanol–water partition coefficient (Wildman–Crippen LogP) is 8.89. The van der Waals surface area contributed by atoms with Crippen LogP contribution < -0.4 is 24.8 Å². The van der Waals surface area contributed by atoms with Crippen molar-refractivity contribution in [2.75, 3.05) is 0 Å². The Balaban J connectivity index is 0.00000283. The van der Waals surface area contributed by atoms with E-state index < -0.39 is 21.3 Å². The molecule has 0 fully saturated rings. The first-order valence-corrected chi connectivity index (χ1v) is 24.4. The van der Waals surface area contributed by atoms with Crippen molar-refractivity contribution in [2.24, 2.45) is 0 Å². The number of benzene rings is 6. The van der Waals surface area contributed by atoms with Gasteiger partial charge in [-0.2, -0.15) is 0 Å². The summed E-state index contributed by atoms with van der Waals surface area (Å²) in [6, 6.07) is 48.5. The van der Waals surface area contributed by atoms with E-state index in [1.807, 2.05) is 0 Å². The van der Waals surface area contributed by atoms with Gasteiger partial charge in [-0.3, -0.25) is 0 Å². The SMILES string of the molecule is Cc1ccccc1-c1cc2c(cc1C(C)(C)C)-c1cc(C(C)(C)C)c(-c3ccccc3C)cc1[CH]2/[Zr+2]([C]1=CC=CC1)=[C](\Cc1ccc(Cl)cc1)c1ccccc1.[Cl-].[Cl-]. The molecule has 0 radical (unpaired) electrons. The minimum atomic E-state index is -2.92. The molecule has 0 unspecified atom stereocenters. The average Bonchev–Trinajstić information content (AvgIpc) is 3.81. The third-order valence-electron chi connectivity index (χ3n) is 11.9. The summed E-state index contributed by atoms with van der Waals surface area (Å²) in [5.74, 6) is 0. The van der Waals surface area contributed by atoms with E-state index in [1.165, 1.54) is 77.9 Å². The van der Waals surface area contributed by atoms with Gasteiger partial charge in [0.25, 0.3) is 0 Å². The number of halogens is 3. The van der Waals surface area contributed by atoms with Gasteiger partial charge < -0.3 is 24.8 Å². The van der Waals surface area contributed by atoms with E-state index in [0.29, 0.717) is 3.63 Å². The zero-order valence-electron chi connectivity index (χ0n) is 35.0. The zero-order chi connectivity index (χ0) is 39.4. The maximum absolute atomic E-state index is 6.48. The molecule has 0 heterocycles. The molecule has 0 saturated heterocycles. The molecule has 0 spiro atoms. The zero-order valence-corrected chi connectivity index (χ0v) is 39.7. The molecular weight excluding hydrogens is 846 g/mol. The Morgan fingerprint density at radius 1 is 0.586 bits per heavy atom. The maximum Gasteiger partial charge on any atom is -1.00 e. The van der Waals surface area contributed by atoms with Gasteiger partial charge in [-0.25, -0.2) is 0 Å². The van der Waals surface area contributed by atoms with E-state index in [2.05, 4.69) is 201 Å². The van der Waals surface area contributed by atoms with Crippen molar-refractivity contribution in [3.05, 3.63) is 198 Å². The molecule has 0 aromatic heterocycles. The van der Waals surface area contributed by atoms with Crippen molar-refractivity contribution in [1.29, 1.82) is 0 Å². The molecule has 0 aliphatic heterocycles. The molecule has 0 amide bonds. The molecule has 0 nitrogen and oxygen atoms in total. The average molecular weight is 900 g/mol. The summed E-state index contributed by atoms with van der Waals surface area (Å²) in [6.45, 7) is 18.9. The molecule has 6 aromatic rings. The van der Waals surface area contributed by atoms with E-state index in [0.717, 1.165) is 17.9 Å². The second-order valence-electron chi connectivity index (χ2n) is 17.9. The Morgan fingerprint density at radius 3 is 1.52 bits per heavy atom. The fraction of sp³-hybridized carbons (Fsp3) is 0.241. The maximum atomic E-state index is 6.48. The second kappa shape index (κ2) is 17.6. The van der Waals surface area contributed by atoms with Gasteiger partial charge in [0.05, 0.1) is 0 Å². The molecule has 0 bridgehead atoms. The predicted molar refractivity (Wildman–Crippen MR) is 239 cm³/mol. The summed E-state index contributed by atoms with van der Waals surface area (Å²) in [5.41, 5.74) is 19.4. The van der Waals surface area contributed by atoms with Crippen LogP contribution in [0, 0.1) is 13.8 Å². The van der Waals surface area contributed by atoms with Gasteiger partial charge in [0, 0.05) is 0 Å². The van der Waals surface area contributed by atoms with Crippen LogP contribution in [0.1, 0.15) is 96.1 Å². The molecule has 0 atom stereocenters. The monoisotopic (exact) mass is 896 g/mol. The Kier molecular flexibility index (Phi) is 13.3. The van der Waals surface area contributed by atoms with Gasteiger partial charge in [0.15, 0.2) is 0 Å². The number of aryl methyl sites for hydroxylation is 2. The van der Waals surface area contributed by atoms with Crippen molar-refractivity contribution < 1.29 is 46.1 Å². The molecule has 58 heavy (non-hydrogen) atoms. The van der Waals surface area contributed by atoms with E-state index >= 15 is 0 Å². The molecule has 0 N–H and O–H groups in total. The fourth-order valence-electron chi connectivity index (χ4n) is 9.09. The first-order valence-electron chi connectivity index (χ1n) is 20.2. The van der Waals surface area contributed by atoms with Crippen LogP contribution in [0.4, 0.5) is 0 Å². The summed E-state index contributed by atoms with van der Waals surface area (Å²) in [5, 5.41) is 0.784. The van der Waals surface area contributed by atoms with Crippen LogP contribution in [0.15, 0.2) is 149 Å². The summed E-state index contributed by atoms with van der Waals surface area (Å²) in [7, 11) is 0. The Labute approximate surface area is 372 Å².